The second-order valence-electron chi connectivity index (χ2n) is 3.98. The van der Waals surface area contributed by atoms with Crippen LogP contribution in [0.5, 0.6) is 0 Å². The van der Waals surface area contributed by atoms with Gasteiger partial charge in [0, 0.05) is 0 Å². The number of rotatable bonds is 3. The summed E-state index contributed by atoms with van der Waals surface area (Å²) in [6, 6.07) is 8.79. The second-order valence-corrected chi connectivity index (χ2v) is 5.10. The zero-order valence-corrected chi connectivity index (χ0v) is 9.88. The Kier molecular flexibility index (Phi) is 2.93. The van der Waals surface area contributed by atoms with E-state index in [0.29, 0.717) is 0 Å². The molecule has 1 aromatic heterocycles. The molecule has 74 valence electrons. The van der Waals surface area contributed by atoms with Crippen molar-refractivity contribution in [3.05, 3.63) is 35.4 Å². The maximum absolute atomic E-state index is 2.39. The lowest BCUT2D eigenvalue weighted by Crippen LogP contribution is -1.88. The second kappa shape index (κ2) is 4.19. The molecule has 2 atom stereocenters. The third-order valence-corrected chi connectivity index (χ3v) is 4.38. The Labute approximate surface area is 87.4 Å². The van der Waals surface area contributed by atoms with E-state index in [1.807, 2.05) is 0 Å². The highest BCUT2D eigenvalue weighted by atomic mass is 31.0. The van der Waals surface area contributed by atoms with Crippen molar-refractivity contribution in [3.8, 4) is 0 Å². The zero-order valence-electron chi connectivity index (χ0n) is 8.88. The van der Waals surface area contributed by atoms with E-state index >= 15 is 0 Å². The van der Waals surface area contributed by atoms with Gasteiger partial charge in [0.05, 0.1) is 0 Å². The molecule has 0 nitrogen and oxygen atoms in total. The van der Waals surface area contributed by atoms with Gasteiger partial charge in [-0.25, -0.2) is 0 Å². The number of hydrogen-bond donors (Lipinski definition) is 0. The van der Waals surface area contributed by atoms with Gasteiger partial charge in [-0.1, -0.05) is 44.5 Å². The van der Waals surface area contributed by atoms with Crippen molar-refractivity contribution in [2.45, 2.75) is 32.6 Å². The van der Waals surface area contributed by atoms with Crippen LogP contribution in [0.15, 0.2) is 30.1 Å². The Hall–Kier alpha value is -0.740. The van der Waals surface area contributed by atoms with E-state index in [0.717, 1.165) is 14.1 Å². The monoisotopic (exact) mass is 204 g/mol. The predicted molar refractivity (Wildman–Crippen MR) is 66.8 cm³/mol. The molecule has 0 aliphatic rings. The Morgan fingerprint density at radius 2 is 2.07 bits per heavy atom. The van der Waals surface area contributed by atoms with Gasteiger partial charge in [-0.05, 0) is 34.2 Å². The van der Waals surface area contributed by atoms with E-state index in [9.17, 15) is 0 Å². The molecule has 2 aromatic rings. The fraction of sp³-hybridized carbons (Fsp3) is 0.385. The van der Waals surface area contributed by atoms with Gasteiger partial charge >= 0.3 is 0 Å². The molecule has 0 fully saturated rings. The third kappa shape index (κ3) is 1.72. The maximum atomic E-state index is 2.39. The van der Waals surface area contributed by atoms with Crippen molar-refractivity contribution >= 4 is 19.0 Å². The van der Waals surface area contributed by atoms with Crippen LogP contribution in [0.2, 0.25) is 0 Å². The molecule has 1 heteroatoms. The van der Waals surface area contributed by atoms with Crippen LogP contribution in [0.4, 0.5) is 0 Å². The largest absolute Gasteiger partial charge is 0.135 e. The summed E-state index contributed by atoms with van der Waals surface area (Å²) in [5, 5.41) is 4.62. The van der Waals surface area contributed by atoms with E-state index in [1.165, 1.54) is 23.6 Å². The summed E-state index contributed by atoms with van der Waals surface area (Å²) in [7, 11) is 0.919. The first-order valence-electron chi connectivity index (χ1n) is 5.39. The summed E-state index contributed by atoms with van der Waals surface area (Å²) in [4.78, 5) is 0. The van der Waals surface area contributed by atoms with Crippen molar-refractivity contribution in [2.75, 3.05) is 0 Å². The molecular formula is C13H17P. The fourth-order valence-electron chi connectivity index (χ4n) is 2.09. The molecule has 0 saturated carbocycles. The number of fused-ring (bicyclic) bond motifs is 1. The first-order valence-corrected chi connectivity index (χ1v) is 6.46. The average molecular weight is 204 g/mol. The Morgan fingerprint density at radius 3 is 2.86 bits per heavy atom. The van der Waals surface area contributed by atoms with E-state index in [2.05, 4.69) is 43.9 Å². The lowest BCUT2D eigenvalue weighted by molar-refractivity contribution is 0.679. The van der Waals surface area contributed by atoms with Crippen LogP contribution in [0.1, 0.15) is 37.9 Å². The van der Waals surface area contributed by atoms with Crippen molar-refractivity contribution < 1.29 is 0 Å². The normalized spacial score (nSPS) is 13.9. The molecule has 0 aliphatic carbocycles. The highest BCUT2D eigenvalue weighted by Gasteiger charge is 2.08. The zero-order chi connectivity index (χ0) is 9.97. The summed E-state index contributed by atoms with van der Waals surface area (Å²) < 4.78 is 0. The van der Waals surface area contributed by atoms with Crippen LogP contribution in [0.25, 0.3) is 10.8 Å². The maximum Gasteiger partial charge on any atom is -0.0109 e. The first-order chi connectivity index (χ1) is 6.83. The van der Waals surface area contributed by atoms with E-state index < -0.39 is 0 Å². The summed E-state index contributed by atoms with van der Waals surface area (Å²) in [5.41, 5.74) is 0. The fourth-order valence-corrected chi connectivity index (χ4v) is 3.46. The van der Waals surface area contributed by atoms with Gasteiger partial charge in [0.15, 0.2) is 0 Å². The molecule has 2 rings (SSSR count). The number of benzene rings is 1. The lowest BCUT2D eigenvalue weighted by atomic mass is 10.0. The summed E-state index contributed by atoms with van der Waals surface area (Å²) >= 11 is 0. The Balaban J connectivity index is 2.42. The van der Waals surface area contributed by atoms with Gasteiger partial charge in [0.25, 0.3) is 0 Å². The van der Waals surface area contributed by atoms with Crippen LogP contribution < -0.4 is 0 Å². The minimum atomic E-state index is 0.762. The van der Waals surface area contributed by atoms with Gasteiger partial charge in [-0.3, -0.25) is 0 Å². The van der Waals surface area contributed by atoms with Crippen LogP contribution in [0, 0.1) is 0 Å². The van der Waals surface area contributed by atoms with Crippen LogP contribution in [0.3, 0.4) is 0 Å². The van der Waals surface area contributed by atoms with E-state index in [4.69, 9.17) is 0 Å². The SMILES string of the molecule is CCCC(C)c1[pH]cc2ccccc12. The topological polar surface area (TPSA) is 0 Å². The van der Waals surface area contributed by atoms with Gasteiger partial charge < -0.3 is 0 Å². The lowest BCUT2D eigenvalue weighted by Gasteiger charge is -2.08. The van der Waals surface area contributed by atoms with Crippen LogP contribution in [-0.2, 0) is 0 Å². The highest BCUT2D eigenvalue weighted by molar-refractivity contribution is 7.31. The van der Waals surface area contributed by atoms with Crippen molar-refractivity contribution in [2.24, 2.45) is 0 Å². The molecule has 0 aliphatic heterocycles. The molecule has 0 bridgehead atoms. The van der Waals surface area contributed by atoms with E-state index in [1.54, 1.807) is 5.30 Å². The minimum absolute atomic E-state index is 0.762. The predicted octanol–water partition coefficient (Wildman–Crippen LogP) is 4.77. The molecule has 1 heterocycles. The smallest absolute Gasteiger partial charge is 0.0109 e. The van der Waals surface area contributed by atoms with Crippen LogP contribution in [-0.4, -0.2) is 0 Å². The quantitative estimate of drug-likeness (QED) is 0.675. The molecule has 0 radical (unpaired) electrons. The minimum Gasteiger partial charge on any atom is -0.135 e. The Bertz CT molecular complexity index is 414. The molecule has 14 heavy (non-hydrogen) atoms. The third-order valence-electron chi connectivity index (χ3n) is 2.85. The molecular weight excluding hydrogens is 187 g/mol. The molecule has 0 N–H and O–H groups in total. The van der Waals surface area contributed by atoms with Crippen molar-refractivity contribution in [3.63, 3.8) is 0 Å². The van der Waals surface area contributed by atoms with Gasteiger partial charge in [0.2, 0.25) is 0 Å². The molecule has 0 saturated heterocycles. The van der Waals surface area contributed by atoms with Crippen LogP contribution >= 0.6 is 8.19 Å². The van der Waals surface area contributed by atoms with Gasteiger partial charge in [-0.2, -0.15) is 0 Å². The van der Waals surface area contributed by atoms with E-state index in [-0.39, 0.29) is 0 Å². The first kappa shape index (κ1) is 9.80. The standard InChI is InChI=1S/C13H17P/c1-3-6-10(2)13-12-8-5-4-7-11(12)9-14-13/h4-5,7-10,14H,3,6H2,1-2H3. The Morgan fingerprint density at radius 1 is 1.29 bits per heavy atom. The van der Waals surface area contributed by atoms with Gasteiger partial charge in [-0.15, -0.1) is 8.19 Å². The highest BCUT2D eigenvalue weighted by Crippen LogP contribution is 2.36. The molecule has 0 amide bonds. The molecule has 1 aromatic carbocycles. The molecule has 2 unspecified atom stereocenters. The van der Waals surface area contributed by atoms with Crippen molar-refractivity contribution in [1.82, 2.24) is 0 Å². The summed E-state index contributed by atoms with van der Waals surface area (Å²) in [6.07, 6.45) is 2.61. The summed E-state index contributed by atoms with van der Waals surface area (Å²) in [5.74, 6) is 3.15. The molecule has 0 spiro atoms. The number of hydrogen-bond acceptors (Lipinski definition) is 0. The summed E-state index contributed by atoms with van der Waals surface area (Å²) in [6.45, 7) is 4.63. The average Bonchev–Trinajstić information content (AvgIpc) is 2.61. The van der Waals surface area contributed by atoms with Crippen molar-refractivity contribution in [1.29, 1.82) is 0 Å². The van der Waals surface area contributed by atoms with Gasteiger partial charge in [0.1, 0.15) is 0 Å².